The lowest BCUT2D eigenvalue weighted by atomic mass is 9.96. The summed E-state index contributed by atoms with van der Waals surface area (Å²) in [7, 11) is -3.66. The molecule has 124 valence electrons. The summed E-state index contributed by atoms with van der Waals surface area (Å²) in [5.41, 5.74) is 0.937. The van der Waals surface area contributed by atoms with Crippen LogP contribution in [0.4, 0.5) is 4.39 Å². The molecule has 0 radical (unpaired) electrons. The van der Waals surface area contributed by atoms with Crippen LogP contribution in [0.2, 0.25) is 0 Å². The summed E-state index contributed by atoms with van der Waals surface area (Å²) >= 11 is 0. The van der Waals surface area contributed by atoms with Gasteiger partial charge < -0.3 is 0 Å². The van der Waals surface area contributed by atoms with Crippen molar-refractivity contribution in [3.05, 3.63) is 65.5 Å². The number of hydrogen-bond acceptors (Lipinski definition) is 2. The highest BCUT2D eigenvalue weighted by Gasteiger charge is 2.28. The molecule has 0 aliphatic carbocycles. The fourth-order valence-corrected chi connectivity index (χ4v) is 3.75. The van der Waals surface area contributed by atoms with E-state index < -0.39 is 15.6 Å². The molecule has 0 aliphatic rings. The third-order valence-corrected chi connectivity index (χ3v) is 5.48. The standard InChI is InChI=1S/C18H22FNO2S/c1-13(2)14-5-11-17(12-6-14)23(21,22)20-18(3,4)15-7-9-16(19)10-8-15/h5-13,20H,1-4H3. The van der Waals surface area contributed by atoms with Crippen molar-refractivity contribution in [2.24, 2.45) is 0 Å². The molecule has 0 aromatic heterocycles. The Bertz CT molecular complexity index is 764. The Labute approximate surface area is 137 Å². The van der Waals surface area contributed by atoms with E-state index in [0.29, 0.717) is 11.5 Å². The molecule has 0 aliphatic heterocycles. The minimum absolute atomic E-state index is 0.220. The van der Waals surface area contributed by atoms with Crippen LogP contribution in [0.5, 0.6) is 0 Å². The number of hydrogen-bond donors (Lipinski definition) is 1. The predicted molar refractivity (Wildman–Crippen MR) is 90.3 cm³/mol. The first-order chi connectivity index (χ1) is 10.6. The van der Waals surface area contributed by atoms with Crippen molar-refractivity contribution in [2.45, 2.75) is 44.0 Å². The third-order valence-electron chi connectivity index (χ3n) is 3.81. The molecule has 3 nitrogen and oxygen atoms in total. The van der Waals surface area contributed by atoms with Gasteiger partial charge in [-0.25, -0.2) is 17.5 Å². The summed E-state index contributed by atoms with van der Waals surface area (Å²) in [5.74, 6) is -0.00736. The predicted octanol–water partition coefficient (Wildman–Crippen LogP) is 4.16. The molecule has 5 heteroatoms. The third kappa shape index (κ3) is 4.18. The van der Waals surface area contributed by atoms with E-state index in [1.165, 1.54) is 12.1 Å². The van der Waals surface area contributed by atoms with Gasteiger partial charge in [-0.1, -0.05) is 38.1 Å². The van der Waals surface area contributed by atoms with E-state index in [1.54, 1.807) is 38.1 Å². The highest BCUT2D eigenvalue weighted by Crippen LogP contribution is 2.24. The van der Waals surface area contributed by atoms with Crippen molar-refractivity contribution >= 4 is 10.0 Å². The minimum Gasteiger partial charge on any atom is -0.207 e. The molecule has 0 amide bonds. The van der Waals surface area contributed by atoms with Gasteiger partial charge in [0.1, 0.15) is 5.82 Å². The number of rotatable bonds is 5. The van der Waals surface area contributed by atoms with Crippen LogP contribution in [0.3, 0.4) is 0 Å². The highest BCUT2D eigenvalue weighted by atomic mass is 32.2. The zero-order valence-electron chi connectivity index (χ0n) is 13.8. The molecule has 0 bridgehead atoms. The largest absolute Gasteiger partial charge is 0.241 e. The fraction of sp³-hybridized carbons (Fsp3) is 0.333. The molecule has 0 spiro atoms. The Hall–Kier alpha value is -1.72. The lowest BCUT2D eigenvalue weighted by molar-refractivity contribution is 0.471. The molecular formula is C18H22FNO2S. The number of nitrogens with one attached hydrogen (secondary N) is 1. The van der Waals surface area contributed by atoms with Gasteiger partial charge in [0.05, 0.1) is 10.4 Å². The van der Waals surface area contributed by atoms with Crippen molar-refractivity contribution in [1.29, 1.82) is 0 Å². The maximum Gasteiger partial charge on any atom is 0.241 e. The Morgan fingerprint density at radius 3 is 1.96 bits per heavy atom. The van der Waals surface area contributed by atoms with Gasteiger partial charge in [0, 0.05) is 0 Å². The van der Waals surface area contributed by atoms with Crippen molar-refractivity contribution in [3.63, 3.8) is 0 Å². The number of halogens is 1. The topological polar surface area (TPSA) is 46.2 Å². The Morgan fingerprint density at radius 2 is 1.48 bits per heavy atom. The number of sulfonamides is 1. The van der Waals surface area contributed by atoms with Crippen LogP contribution in [-0.4, -0.2) is 8.42 Å². The summed E-state index contributed by atoms with van der Waals surface area (Å²) in [6.07, 6.45) is 0. The first-order valence-corrected chi connectivity index (χ1v) is 9.00. The maximum absolute atomic E-state index is 13.0. The van der Waals surface area contributed by atoms with Crippen molar-refractivity contribution in [3.8, 4) is 0 Å². The van der Waals surface area contributed by atoms with Gasteiger partial charge in [-0.15, -0.1) is 0 Å². The molecule has 0 heterocycles. The summed E-state index contributed by atoms with van der Waals surface area (Å²) < 4.78 is 40.9. The van der Waals surface area contributed by atoms with Gasteiger partial charge >= 0.3 is 0 Å². The maximum atomic E-state index is 13.0. The van der Waals surface area contributed by atoms with Crippen LogP contribution >= 0.6 is 0 Å². The van der Waals surface area contributed by atoms with Gasteiger partial charge in [-0.05, 0) is 55.2 Å². The summed E-state index contributed by atoms with van der Waals surface area (Å²) in [4.78, 5) is 0.220. The van der Waals surface area contributed by atoms with E-state index >= 15 is 0 Å². The normalized spacial score (nSPS) is 12.6. The zero-order chi connectivity index (χ0) is 17.3. The minimum atomic E-state index is -3.66. The van der Waals surface area contributed by atoms with Gasteiger partial charge in [0.15, 0.2) is 0 Å². The van der Waals surface area contributed by atoms with Crippen LogP contribution in [0.15, 0.2) is 53.4 Å². The lowest BCUT2D eigenvalue weighted by Gasteiger charge is -2.26. The fourth-order valence-electron chi connectivity index (χ4n) is 2.35. The molecule has 2 aromatic rings. The monoisotopic (exact) mass is 335 g/mol. The quantitative estimate of drug-likeness (QED) is 0.891. The molecule has 0 unspecified atom stereocenters. The van der Waals surface area contributed by atoms with E-state index in [9.17, 15) is 12.8 Å². The zero-order valence-corrected chi connectivity index (χ0v) is 14.6. The van der Waals surface area contributed by atoms with Crippen molar-refractivity contribution < 1.29 is 12.8 Å². The highest BCUT2D eigenvalue weighted by molar-refractivity contribution is 7.89. The van der Waals surface area contributed by atoms with E-state index in [4.69, 9.17) is 0 Å². The van der Waals surface area contributed by atoms with Crippen LogP contribution in [0.1, 0.15) is 44.7 Å². The molecule has 2 rings (SSSR count). The van der Waals surface area contributed by atoms with E-state index in [1.807, 2.05) is 12.1 Å². The van der Waals surface area contributed by atoms with Gasteiger partial charge in [0.25, 0.3) is 0 Å². The molecule has 0 fully saturated rings. The first kappa shape index (κ1) is 17.6. The van der Waals surface area contributed by atoms with Crippen molar-refractivity contribution in [1.82, 2.24) is 4.72 Å². The molecule has 2 aromatic carbocycles. The van der Waals surface area contributed by atoms with Gasteiger partial charge in [-0.3, -0.25) is 0 Å². The average molecular weight is 335 g/mol. The Kier molecular flexibility index (Phi) is 4.92. The number of benzene rings is 2. The molecule has 1 N–H and O–H groups in total. The second-order valence-electron chi connectivity index (χ2n) is 6.46. The molecule has 0 saturated carbocycles. The lowest BCUT2D eigenvalue weighted by Crippen LogP contribution is -2.40. The van der Waals surface area contributed by atoms with Gasteiger partial charge in [0.2, 0.25) is 10.0 Å². The van der Waals surface area contributed by atoms with Crippen molar-refractivity contribution in [2.75, 3.05) is 0 Å². The summed E-state index contributed by atoms with van der Waals surface area (Å²) in [6.45, 7) is 7.61. The van der Waals surface area contributed by atoms with E-state index in [0.717, 1.165) is 5.56 Å². The first-order valence-electron chi connectivity index (χ1n) is 7.52. The summed E-state index contributed by atoms with van der Waals surface area (Å²) in [6, 6.07) is 12.7. The molecule has 23 heavy (non-hydrogen) atoms. The van der Waals surface area contributed by atoms with Crippen LogP contribution in [-0.2, 0) is 15.6 Å². The molecule has 0 atom stereocenters. The average Bonchev–Trinajstić information content (AvgIpc) is 2.46. The van der Waals surface area contributed by atoms with Crippen LogP contribution < -0.4 is 4.72 Å². The SMILES string of the molecule is CC(C)c1ccc(S(=O)(=O)NC(C)(C)c2ccc(F)cc2)cc1. The van der Waals surface area contributed by atoms with Crippen LogP contribution in [0, 0.1) is 5.82 Å². The summed E-state index contributed by atoms with van der Waals surface area (Å²) in [5, 5.41) is 0. The second kappa shape index (κ2) is 6.42. The van der Waals surface area contributed by atoms with Gasteiger partial charge in [-0.2, -0.15) is 0 Å². The Balaban J connectivity index is 2.27. The van der Waals surface area contributed by atoms with E-state index in [-0.39, 0.29) is 10.7 Å². The second-order valence-corrected chi connectivity index (χ2v) is 8.14. The molecule has 0 saturated heterocycles. The van der Waals surface area contributed by atoms with Crippen LogP contribution in [0.25, 0.3) is 0 Å². The smallest absolute Gasteiger partial charge is 0.207 e. The Morgan fingerprint density at radius 1 is 0.957 bits per heavy atom. The van der Waals surface area contributed by atoms with E-state index in [2.05, 4.69) is 18.6 Å². The molecular weight excluding hydrogens is 313 g/mol.